The van der Waals surface area contributed by atoms with E-state index in [1.165, 1.54) is 25.9 Å². The van der Waals surface area contributed by atoms with Crippen molar-refractivity contribution in [1.29, 1.82) is 0 Å². The molecule has 1 aromatic rings. The van der Waals surface area contributed by atoms with E-state index in [0.29, 0.717) is 17.6 Å². The molecule has 1 aliphatic rings. The van der Waals surface area contributed by atoms with Crippen LogP contribution < -0.4 is 10.6 Å². The zero-order chi connectivity index (χ0) is 14.4. The van der Waals surface area contributed by atoms with E-state index in [1.54, 1.807) is 24.3 Å². The van der Waals surface area contributed by atoms with Gasteiger partial charge in [0.25, 0.3) is 0 Å². The molecule has 1 fully saturated rings. The fourth-order valence-electron chi connectivity index (χ4n) is 2.47. The van der Waals surface area contributed by atoms with Gasteiger partial charge in [-0.3, -0.25) is 0 Å². The van der Waals surface area contributed by atoms with Crippen molar-refractivity contribution in [3.63, 3.8) is 0 Å². The summed E-state index contributed by atoms with van der Waals surface area (Å²) in [5.41, 5.74) is 0.750. The average molecular weight is 296 g/mol. The normalized spacial score (nSPS) is 16.9. The molecule has 0 bridgehead atoms. The van der Waals surface area contributed by atoms with E-state index < -0.39 is 0 Å². The van der Waals surface area contributed by atoms with E-state index in [2.05, 4.69) is 22.5 Å². The third-order valence-corrected chi connectivity index (χ3v) is 3.97. The Morgan fingerprint density at radius 3 is 2.60 bits per heavy atom. The molecule has 1 saturated heterocycles. The van der Waals surface area contributed by atoms with Crippen LogP contribution in [0.25, 0.3) is 0 Å². The number of rotatable bonds is 5. The monoisotopic (exact) mass is 295 g/mol. The predicted molar refractivity (Wildman–Crippen MR) is 83.4 cm³/mol. The van der Waals surface area contributed by atoms with Crippen molar-refractivity contribution >= 4 is 23.3 Å². The standard InChI is InChI=1S/C15H22ClN3O/c1-12(19-10-2-3-11-19)8-9-17-15(20)18-14-6-4-13(16)5-7-14/h4-7,12H,2-3,8-11H2,1H3,(H2,17,18,20)/t12-/m0/s1. The summed E-state index contributed by atoms with van der Waals surface area (Å²) in [7, 11) is 0. The number of anilines is 1. The molecule has 0 saturated carbocycles. The SMILES string of the molecule is C[C@@H](CCNC(=O)Nc1ccc(Cl)cc1)N1CCCC1. The molecule has 0 aromatic heterocycles. The Balaban J connectivity index is 1.65. The minimum atomic E-state index is -0.166. The zero-order valence-corrected chi connectivity index (χ0v) is 12.6. The van der Waals surface area contributed by atoms with Crippen LogP contribution in [0.4, 0.5) is 10.5 Å². The van der Waals surface area contributed by atoms with Crippen molar-refractivity contribution in [3.05, 3.63) is 29.3 Å². The number of halogens is 1. The minimum absolute atomic E-state index is 0.166. The third-order valence-electron chi connectivity index (χ3n) is 3.71. The molecular weight excluding hydrogens is 274 g/mol. The second kappa shape index (κ2) is 7.50. The molecule has 110 valence electrons. The van der Waals surface area contributed by atoms with E-state index in [1.807, 2.05) is 0 Å². The van der Waals surface area contributed by atoms with E-state index in [-0.39, 0.29) is 6.03 Å². The van der Waals surface area contributed by atoms with Crippen molar-refractivity contribution in [2.45, 2.75) is 32.2 Å². The lowest BCUT2D eigenvalue weighted by Crippen LogP contribution is -2.36. The summed E-state index contributed by atoms with van der Waals surface area (Å²) in [5, 5.41) is 6.34. The summed E-state index contributed by atoms with van der Waals surface area (Å²) in [6.07, 6.45) is 3.58. The highest BCUT2D eigenvalue weighted by atomic mass is 35.5. The number of likely N-dealkylation sites (tertiary alicyclic amines) is 1. The van der Waals surface area contributed by atoms with Crippen LogP contribution >= 0.6 is 11.6 Å². The lowest BCUT2D eigenvalue weighted by molar-refractivity contribution is 0.238. The summed E-state index contributed by atoms with van der Waals surface area (Å²) in [4.78, 5) is 14.2. The minimum Gasteiger partial charge on any atom is -0.338 e. The van der Waals surface area contributed by atoms with Crippen molar-refractivity contribution in [2.24, 2.45) is 0 Å². The van der Waals surface area contributed by atoms with Crippen LogP contribution in [-0.2, 0) is 0 Å². The molecule has 0 aliphatic carbocycles. The summed E-state index contributed by atoms with van der Waals surface area (Å²) < 4.78 is 0. The fraction of sp³-hybridized carbons (Fsp3) is 0.533. The Hall–Kier alpha value is -1.26. The predicted octanol–water partition coefficient (Wildman–Crippen LogP) is 3.34. The van der Waals surface area contributed by atoms with Crippen molar-refractivity contribution in [2.75, 3.05) is 25.0 Å². The van der Waals surface area contributed by atoms with Crippen LogP contribution in [0.15, 0.2) is 24.3 Å². The summed E-state index contributed by atoms with van der Waals surface area (Å²) >= 11 is 5.80. The van der Waals surface area contributed by atoms with E-state index in [9.17, 15) is 4.79 Å². The number of hydrogen-bond acceptors (Lipinski definition) is 2. The van der Waals surface area contributed by atoms with Gasteiger partial charge in [0.05, 0.1) is 0 Å². The molecule has 2 N–H and O–H groups in total. The van der Waals surface area contributed by atoms with Gasteiger partial charge in [-0.15, -0.1) is 0 Å². The summed E-state index contributed by atoms with van der Waals surface area (Å²) in [5.74, 6) is 0. The first kappa shape index (κ1) is 15.1. The van der Waals surface area contributed by atoms with Gasteiger partial charge in [-0.05, 0) is 63.5 Å². The van der Waals surface area contributed by atoms with Gasteiger partial charge in [0.2, 0.25) is 0 Å². The quantitative estimate of drug-likeness (QED) is 0.875. The number of benzene rings is 1. The molecule has 0 unspecified atom stereocenters. The molecule has 20 heavy (non-hydrogen) atoms. The number of carbonyl (C=O) groups is 1. The maximum absolute atomic E-state index is 11.7. The molecule has 1 aromatic carbocycles. The number of nitrogens with zero attached hydrogens (tertiary/aromatic N) is 1. The number of urea groups is 1. The van der Waals surface area contributed by atoms with Gasteiger partial charge < -0.3 is 15.5 Å². The van der Waals surface area contributed by atoms with Crippen LogP contribution in [-0.4, -0.2) is 36.6 Å². The van der Waals surface area contributed by atoms with Crippen LogP contribution in [0.3, 0.4) is 0 Å². The van der Waals surface area contributed by atoms with Gasteiger partial charge >= 0.3 is 6.03 Å². The van der Waals surface area contributed by atoms with Gasteiger partial charge in [0.1, 0.15) is 0 Å². The maximum Gasteiger partial charge on any atom is 0.319 e. The highest BCUT2D eigenvalue weighted by Gasteiger charge is 2.17. The molecule has 0 radical (unpaired) electrons. The topological polar surface area (TPSA) is 44.4 Å². The second-order valence-corrected chi connectivity index (χ2v) is 5.71. The highest BCUT2D eigenvalue weighted by Crippen LogP contribution is 2.14. The smallest absolute Gasteiger partial charge is 0.319 e. The van der Waals surface area contributed by atoms with Crippen LogP contribution in [0.1, 0.15) is 26.2 Å². The first-order valence-electron chi connectivity index (χ1n) is 7.19. The lowest BCUT2D eigenvalue weighted by Gasteiger charge is -2.23. The van der Waals surface area contributed by atoms with E-state index in [0.717, 1.165) is 12.1 Å². The van der Waals surface area contributed by atoms with Crippen LogP contribution in [0.2, 0.25) is 5.02 Å². The van der Waals surface area contributed by atoms with Crippen molar-refractivity contribution in [1.82, 2.24) is 10.2 Å². The molecular formula is C15H22ClN3O. The largest absolute Gasteiger partial charge is 0.338 e. The first-order valence-corrected chi connectivity index (χ1v) is 7.57. The van der Waals surface area contributed by atoms with Gasteiger partial charge in [0.15, 0.2) is 0 Å². The first-order chi connectivity index (χ1) is 9.65. The molecule has 5 heteroatoms. The van der Waals surface area contributed by atoms with Crippen molar-refractivity contribution < 1.29 is 4.79 Å². The number of carbonyl (C=O) groups excluding carboxylic acids is 1. The Kier molecular flexibility index (Phi) is 5.68. The van der Waals surface area contributed by atoms with Gasteiger partial charge in [-0.25, -0.2) is 4.79 Å². The highest BCUT2D eigenvalue weighted by molar-refractivity contribution is 6.30. The van der Waals surface area contributed by atoms with Crippen molar-refractivity contribution in [3.8, 4) is 0 Å². The van der Waals surface area contributed by atoms with Gasteiger partial charge in [-0.1, -0.05) is 11.6 Å². The number of hydrogen-bond donors (Lipinski definition) is 2. The van der Waals surface area contributed by atoms with E-state index in [4.69, 9.17) is 11.6 Å². The molecule has 4 nitrogen and oxygen atoms in total. The molecule has 2 amide bonds. The maximum atomic E-state index is 11.7. The lowest BCUT2D eigenvalue weighted by atomic mass is 10.2. The molecule has 0 spiro atoms. The van der Waals surface area contributed by atoms with E-state index >= 15 is 0 Å². The summed E-state index contributed by atoms with van der Waals surface area (Å²) in [6.45, 7) is 5.30. The number of nitrogens with one attached hydrogen (secondary N) is 2. The van der Waals surface area contributed by atoms with Crippen LogP contribution in [0.5, 0.6) is 0 Å². The third kappa shape index (κ3) is 4.69. The van der Waals surface area contributed by atoms with Crippen LogP contribution in [0, 0.1) is 0 Å². The Morgan fingerprint density at radius 1 is 1.30 bits per heavy atom. The Labute approximate surface area is 125 Å². The average Bonchev–Trinajstić information content (AvgIpc) is 2.95. The molecule has 2 rings (SSSR count). The molecule has 1 atom stereocenters. The molecule has 1 heterocycles. The zero-order valence-electron chi connectivity index (χ0n) is 11.9. The second-order valence-electron chi connectivity index (χ2n) is 5.27. The van der Waals surface area contributed by atoms with Gasteiger partial charge in [0, 0.05) is 23.3 Å². The molecule has 1 aliphatic heterocycles. The number of amides is 2. The Morgan fingerprint density at radius 2 is 1.95 bits per heavy atom. The summed E-state index contributed by atoms with van der Waals surface area (Å²) in [6, 6.07) is 7.46. The van der Waals surface area contributed by atoms with Gasteiger partial charge in [-0.2, -0.15) is 0 Å². The Bertz CT molecular complexity index is 429. The fourth-order valence-corrected chi connectivity index (χ4v) is 2.59.